The molecule has 0 atom stereocenters. The third-order valence-electron chi connectivity index (χ3n) is 2.03. The smallest absolute Gasteiger partial charge is 0.128 e. The normalized spacial score (nSPS) is 10.5. The van der Waals surface area contributed by atoms with E-state index in [2.05, 4.69) is 15.0 Å². The molecule has 2 aromatic heterocycles. The molecule has 2 rings (SSSR count). The summed E-state index contributed by atoms with van der Waals surface area (Å²) in [4.78, 5) is 14.7. The van der Waals surface area contributed by atoms with Gasteiger partial charge in [-0.2, -0.15) is 0 Å². The van der Waals surface area contributed by atoms with Crippen molar-refractivity contribution >= 4 is 16.7 Å². The molecule has 0 spiro atoms. The Morgan fingerprint density at radius 3 is 2.64 bits per heavy atom. The van der Waals surface area contributed by atoms with Crippen molar-refractivity contribution in [2.24, 2.45) is 0 Å². The van der Waals surface area contributed by atoms with Crippen molar-refractivity contribution in [3.8, 4) is 0 Å². The van der Waals surface area contributed by atoms with Gasteiger partial charge >= 0.3 is 0 Å². The maximum Gasteiger partial charge on any atom is 0.128 e. The minimum Gasteiger partial charge on any atom is -0.363 e. The van der Waals surface area contributed by atoms with Crippen LogP contribution in [-0.4, -0.2) is 29.0 Å². The molecule has 0 radical (unpaired) electrons. The molecule has 0 aliphatic heterocycles. The van der Waals surface area contributed by atoms with Crippen molar-refractivity contribution in [3.05, 3.63) is 24.3 Å². The molecule has 0 amide bonds. The van der Waals surface area contributed by atoms with Gasteiger partial charge in [0.2, 0.25) is 0 Å². The van der Waals surface area contributed by atoms with Crippen LogP contribution in [0.3, 0.4) is 0 Å². The maximum atomic E-state index is 4.28. The van der Waals surface area contributed by atoms with Gasteiger partial charge in [-0.15, -0.1) is 0 Å². The molecule has 2 aromatic rings. The largest absolute Gasteiger partial charge is 0.363 e. The maximum absolute atomic E-state index is 4.28. The molecular weight excluding hydrogens is 176 g/mol. The van der Waals surface area contributed by atoms with Crippen molar-refractivity contribution in [3.63, 3.8) is 0 Å². The third-order valence-corrected chi connectivity index (χ3v) is 2.03. The van der Waals surface area contributed by atoms with Gasteiger partial charge in [0.25, 0.3) is 0 Å². The predicted octanol–water partition coefficient (Wildman–Crippen LogP) is 1.40. The van der Waals surface area contributed by atoms with E-state index in [0.29, 0.717) is 0 Å². The van der Waals surface area contributed by atoms with Crippen molar-refractivity contribution in [1.29, 1.82) is 0 Å². The van der Waals surface area contributed by atoms with E-state index in [4.69, 9.17) is 0 Å². The van der Waals surface area contributed by atoms with Gasteiger partial charge in [-0.25, -0.2) is 15.0 Å². The summed E-state index contributed by atoms with van der Waals surface area (Å²) in [7, 11) is 3.92. The van der Waals surface area contributed by atoms with E-state index in [1.54, 1.807) is 6.20 Å². The summed E-state index contributed by atoms with van der Waals surface area (Å²) in [6.45, 7) is 1.87. The second-order valence-electron chi connectivity index (χ2n) is 3.41. The molecule has 0 fully saturated rings. The number of anilines is 1. The molecule has 2 heterocycles. The van der Waals surface area contributed by atoms with Crippen LogP contribution < -0.4 is 4.90 Å². The number of fused-ring (bicyclic) bond motifs is 1. The van der Waals surface area contributed by atoms with Crippen LogP contribution in [0, 0.1) is 6.92 Å². The van der Waals surface area contributed by atoms with Gasteiger partial charge in [0.1, 0.15) is 11.6 Å². The molecule has 0 aliphatic rings. The van der Waals surface area contributed by atoms with E-state index >= 15 is 0 Å². The fourth-order valence-electron chi connectivity index (χ4n) is 1.26. The lowest BCUT2D eigenvalue weighted by Crippen LogP contribution is -2.10. The van der Waals surface area contributed by atoms with Crippen LogP contribution in [0.25, 0.3) is 10.9 Å². The van der Waals surface area contributed by atoms with Crippen molar-refractivity contribution in [2.75, 3.05) is 19.0 Å². The molecule has 0 saturated heterocycles. The fraction of sp³-hybridized carbons (Fsp3) is 0.300. The summed E-state index contributed by atoms with van der Waals surface area (Å²) >= 11 is 0. The van der Waals surface area contributed by atoms with E-state index < -0.39 is 0 Å². The SMILES string of the molecule is Cc1ncc2cc(N(C)C)ncc2n1. The number of hydrogen-bond donors (Lipinski definition) is 0. The molecule has 4 nitrogen and oxygen atoms in total. The Labute approximate surface area is 82.6 Å². The quantitative estimate of drug-likeness (QED) is 0.678. The molecular formula is C10H12N4. The van der Waals surface area contributed by atoms with Gasteiger partial charge in [0, 0.05) is 25.7 Å². The Kier molecular flexibility index (Phi) is 2.04. The number of aromatic nitrogens is 3. The van der Waals surface area contributed by atoms with E-state index in [1.807, 2.05) is 38.2 Å². The van der Waals surface area contributed by atoms with Gasteiger partial charge in [-0.05, 0) is 13.0 Å². The minimum atomic E-state index is 0.775. The number of hydrogen-bond acceptors (Lipinski definition) is 4. The Balaban J connectivity index is 2.62. The zero-order valence-electron chi connectivity index (χ0n) is 8.52. The van der Waals surface area contributed by atoms with Gasteiger partial charge in [0.15, 0.2) is 0 Å². The average Bonchev–Trinajstić information content (AvgIpc) is 2.16. The molecule has 14 heavy (non-hydrogen) atoms. The van der Waals surface area contributed by atoms with Crippen LogP contribution in [0.15, 0.2) is 18.5 Å². The second-order valence-corrected chi connectivity index (χ2v) is 3.41. The topological polar surface area (TPSA) is 41.9 Å². The molecule has 4 heteroatoms. The standard InChI is InChI=1S/C10H12N4/c1-7-11-5-8-4-10(14(2)3)12-6-9(8)13-7/h4-6H,1-3H3. The second kappa shape index (κ2) is 3.21. The van der Waals surface area contributed by atoms with E-state index in [0.717, 1.165) is 22.5 Å². The van der Waals surface area contributed by atoms with Crippen molar-refractivity contribution < 1.29 is 0 Å². The van der Waals surface area contributed by atoms with E-state index in [9.17, 15) is 0 Å². The highest BCUT2D eigenvalue weighted by molar-refractivity contribution is 5.79. The summed E-state index contributed by atoms with van der Waals surface area (Å²) in [5.74, 6) is 1.70. The van der Waals surface area contributed by atoms with Gasteiger partial charge in [-0.3, -0.25) is 0 Å². The van der Waals surface area contributed by atoms with Crippen LogP contribution in [0.1, 0.15) is 5.82 Å². The molecule has 0 aromatic carbocycles. The highest BCUT2D eigenvalue weighted by atomic mass is 15.1. The van der Waals surface area contributed by atoms with Gasteiger partial charge in [0.05, 0.1) is 11.7 Å². The molecule has 0 aliphatic carbocycles. The zero-order chi connectivity index (χ0) is 10.1. The van der Waals surface area contributed by atoms with Crippen LogP contribution in [0.5, 0.6) is 0 Å². The Bertz CT molecular complexity index is 465. The van der Waals surface area contributed by atoms with E-state index in [-0.39, 0.29) is 0 Å². The van der Waals surface area contributed by atoms with Crippen LogP contribution in [-0.2, 0) is 0 Å². The molecule has 0 N–H and O–H groups in total. The lowest BCUT2D eigenvalue weighted by molar-refractivity contribution is 1.05. The zero-order valence-corrected chi connectivity index (χ0v) is 8.52. The lowest BCUT2D eigenvalue weighted by atomic mass is 10.3. The molecule has 72 valence electrons. The first kappa shape index (κ1) is 8.87. The lowest BCUT2D eigenvalue weighted by Gasteiger charge is -2.10. The molecule has 0 saturated carbocycles. The summed E-state index contributed by atoms with van der Waals surface area (Å²) in [5, 5.41) is 1.02. The van der Waals surface area contributed by atoms with Gasteiger partial charge in [-0.1, -0.05) is 0 Å². The summed E-state index contributed by atoms with van der Waals surface area (Å²) in [6.07, 6.45) is 3.60. The first-order chi connectivity index (χ1) is 6.66. The fourth-order valence-corrected chi connectivity index (χ4v) is 1.26. The van der Waals surface area contributed by atoms with Crippen LogP contribution in [0.4, 0.5) is 5.82 Å². The van der Waals surface area contributed by atoms with E-state index in [1.165, 1.54) is 0 Å². The first-order valence-corrected chi connectivity index (χ1v) is 4.43. The Morgan fingerprint density at radius 1 is 1.14 bits per heavy atom. The third kappa shape index (κ3) is 1.51. The number of nitrogens with zero attached hydrogens (tertiary/aromatic N) is 4. The average molecular weight is 188 g/mol. The predicted molar refractivity (Wildman–Crippen MR) is 56.4 cm³/mol. The summed E-state index contributed by atoms with van der Waals surface area (Å²) < 4.78 is 0. The van der Waals surface area contributed by atoms with Crippen LogP contribution >= 0.6 is 0 Å². The van der Waals surface area contributed by atoms with Gasteiger partial charge < -0.3 is 4.90 Å². The molecule has 0 bridgehead atoms. The Hall–Kier alpha value is -1.71. The van der Waals surface area contributed by atoms with Crippen LogP contribution in [0.2, 0.25) is 0 Å². The first-order valence-electron chi connectivity index (χ1n) is 4.43. The highest BCUT2D eigenvalue weighted by Crippen LogP contribution is 2.15. The number of rotatable bonds is 1. The Morgan fingerprint density at radius 2 is 1.93 bits per heavy atom. The summed E-state index contributed by atoms with van der Waals surface area (Å²) in [6, 6.07) is 1.98. The monoisotopic (exact) mass is 188 g/mol. The van der Waals surface area contributed by atoms with Crippen molar-refractivity contribution in [1.82, 2.24) is 15.0 Å². The number of aryl methyl sites for hydroxylation is 1. The highest BCUT2D eigenvalue weighted by Gasteiger charge is 2.00. The minimum absolute atomic E-state index is 0.775. The summed E-state index contributed by atoms with van der Waals surface area (Å²) in [5.41, 5.74) is 0.892. The number of pyridine rings is 1. The molecule has 0 unspecified atom stereocenters. The van der Waals surface area contributed by atoms with Crippen molar-refractivity contribution in [2.45, 2.75) is 6.92 Å².